The lowest BCUT2D eigenvalue weighted by molar-refractivity contribution is -0.122. The predicted octanol–water partition coefficient (Wildman–Crippen LogP) is 4.40. The van der Waals surface area contributed by atoms with E-state index in [4.69, 9.17) is 16.3 Å². The third-order valence-electron chi connectivity index (χ3n) is 3.94. The molecule has 29 heavy (non-hydrogen) atoms. The van der Waals surface area contributed by atoms with Gasteiger partial charge in [0, 0.05) is 0 Å². The van der Waals surface area contributed by atoms with Crippen LogP contribution in [0.4, 0.5) is 4.79 Å². The van der Waals surface area contributed by atoms with Crippen molar-refractivity contribution < 1.29 is 24.2 Å². The smallest absolute Gasteiger partial charge is 0.335 e. The van der Waals surface area contributed by atoms with E-state index < -0.39 is 11.9 Å². The monoisotopic (exact) mass is 471 g/mol. The average molecular weight is 472 g/mol. The van der Waals surface area contributed by atoms with E-state index in [2.05, 4.69) is 21.9 Å². The topological polar surface area (TPSA) is 83.9 Å². The first kappa shape index (κ1) is 20.7. The van der Waals surface area contributed by atoms with Gasteiger partial charge in [0.05, 0.1) is 21.5 Å². The molecule has 0 aromatic heterocycles. The first-order chi connectivity index (χ1) is 13.9. The highest BCUT2D eigenvalue weighted by atomic mass is 79.9. The van der Waals surface area contributed by atoms with E-state index in [0.29, 0.717) is 20.7 Å². The number of terminal acetylenes is 1. The number of carboxylic acids is 1. The van der Waals surface area contributed by atoms with Crippen LogP contribution in [0.5, 0.6) is 5.75 Å². The second-order valence-corrected chi connectivity index (χ2v) is 7.80. The molecule has 0 unspecified atom stereocenters. The minimum Gasteiger partial charge on any atom is -0.488 e. The second kappa shape index (κ2) is 8.99. The molecule has 0 radical (unpaired) electrons. The van der Waals surface area contributed by atoms with Gasteiger partial charge in [-0.3, -0.25) is 14.5 Å². The summed E-state index contributed by atoms with van der Waals surface area (Å²) in [7, 11) is 0. The van der Waals surface area contributed by atoms with Gasteiger partial charge in [-0.05, 0) is 69.2 Å². The van der Waals surface area contributed by atoms with E-state index in [1.165, 1.54) is 6.07 Å². The van der Waals surface area contributed by atoms with Crippen molar-refractivity contribution in [1.82, 2.24) is 4.90 Å². The number of ether oxygens (including phenoxy) is 1. The summed E-state index contributed by atoms with van der Waals surface area (Å²) in [6.45, 7) is 0.144. The van der Waals surface area contributed by atoms with Gasteiger partial charge in [-0.15, -0.1) is 6.42 Å². The van der Waals surface area contributed by atoms with Crippen molar-refractivity contribution in [3.05, 3.63) is 68.5 Å². The van der Waals surface area contributed by atoms with Crippen molar-refractivity contribution in [1.29, 1.82) is 0 Å². The van der Waals surface area contributed by atoms with E-state index in [1.807, 2.05) is 0 Å². The van der Waals surface area contributed by atoms with Crippen LogP contribution in [0.25, 0.3) is 6.08 Å². The fourth-order valence-corrected chi connectivity index (χ4v) is 3.91. The normalized spacial score (nSPS) is 14.9. The molecular formula is C21H14BrNO5S. The summed E-state index contributed by atoms with van der Waals surface area (Å²) >= 11 is 4.27. The van der Waals surface area contributed by atoms with Crippen molar-refractivity contribution in [2.75, 3.05) is 6.54 Å². The van der Waals surface area contributed by atoms with Gasteiger partial charge < -0.3 is 9.84 Å². The lowest BCUT2D eigenvalue weighted by atomic mass is 10.1. The van der Waals surface area contributed by atoms with Gasteiger partial charge in [0.15, 0.2) is 0 Å². The van der Waals surface area contributed by atoms with Crippen LogP contribution in [0.2, 0.25) is 0 Å². The number of thioether (sulfide) groups is 1. The first-order valence-electron chi connectivity index (χ1n) is 8.32. The summed E-state index contributed by atoms with van der Waals surface area (Å²) in [5.41, 5.74) is 1.63. The number of rotatable bonds is 6. The molecule has 1 fully saturated rings. The molecule has 0 saturated carbocycles. The van der Waals surface area contributed by atoms with Gasteiger partial charge >= 0.3 is 5.97 Å². The number of imide groups is 1. The van der Waals surface area contributed by atoms with Crippen molar-refractivity contribution in [3.8, 4) is 18.1 Å². The maximum atomic E-state index is 12.2. The summed E-state index contributed by atoms with van der Waals surface area (Å²) in [6, 6.07) is 11.7. The largest absolute Gasteiger partial charge is 0.488 e. The number of halogens is 1. The van der Waals surface area contributed by atoms with E-state index in [0.717, 1.165) is 22.2 Å². The molecule has 146 valence electrons. The van der Waals surface area contributed by atoms with Gasteiger partial charge in [0.25, 0.3) is 11.1 Å². The Balaban J connectivity index is 1.72. The van der Waals surface area contributed by atoms with Gasteiger partial charge in [0.2, 0.25) is 0 Å². The molecule has 0 atom stereocenters. The summed E-state index contributed by atoms with van der Waals surface area (Å²) in [5, 5.41) is 8.67. The predicted molar refractivity (Wildman–Crippen MR) is 113 cm³/mol. The zero-order chi connectivity index (χ0) is 21.0. The second-order valence-electron chi connectivity index (χ2n) is 5.96. The number of carboxylic acid groups (broad SMARTS) is 1. The fourth-order valence-electron chi connectivity index (χ4n) is 2.56. The highest BCUT2D eigenvalue weighted by molar-refractivity contribution is 9.10. The van der Waals surface area contributed by atoms with E-state index in [9.17, 15) is 14.4 Å². The average Bonchev–Trinajstić information content (AvgIpc) is 2.95. The van der Waals surface area contributed by atoms with Gasteiger partial charge in [0.1, 0.15) is 12.4 Å². The lowest BCUT2D eigenvalue weighted by Crippen LogP contribution is -2.28. The quantitative estimate of drug-likeness (QED) is 0.496. The number of aromatic carboxylic acids is 1. The Morgan fingerprint density at radius 3 is 2.76 bits per heavy atom. The molecule has 1 aliphatic heterocycles. The number of carbonyl (C=O) groups excluding carboxylic acids is 2. The maximum Gasteiger partial charge on any atom is 0.335 e. The Hall–Kier alpha value is -3.02. The van der Waals surface area contributed by atoms with E-state index in [-0.39, 0.29) is 24.0 Å². The molecule has 1 heterocycles. The molecule has 1 aliphatic rings. The van der Waals surface area contributed by atoms with Gasteiger partial charge in [-0.25, -0.2) is 4.79 Å². The van der Waals surface area contributed by atoms with Crippen LogP contribution in [0.15, 0.2) is 51.8 Å². The number of hydrogen-bond acceptors (Lipinski definition) is 5. The number of nitrogens with zero attached hydrogens (tertiary/aromatic N) is 1. The molecule has 0 aliphatic carbocycles. The van der Waals surface area contributed by atoms with Crippen molar-refractivity contribution in [2.45, 2.75) is 6.61 Å². The fraction of sp³-hybridized carbons (Fsp3) is 0.0952. The van der Waals surface area contributed by atoms with Crippen LogP contribution in [0.3, 0.4) is 0 Å². The van der Waals surface area contributed by atoms with Crippen LogP contribution >= 0.6 is 27.7 Å². The standard InChI is InChI=1S/C21H14BrNO5S/c1-2-8-23-19(24)18(29-21(23)27)11-13-6-7-17(16(22)10-13)28-12-14-4-3-5-15(9-14)20(25)26/h1,3-7,9-11H,8,12H2,(H,25,26)/b18-11+. The molecule has 6 nitrogen and oxygen atoms in total. The zero-order valence-corrected chi connectivity index (χ0v) is 17.3. The number of amides is 2. The molecule has 1 saturated heterocycles. The molecule has 2 amide bonds. The van der Waals surface area contributed by atoms with Crippen molar-refractivity contribution >= 4 is 50.9 Å². The zero-order valence-electron chi connectivity index (χ0n) is 14.9. The molecule has 8 heteroatoms. The first-order valence-corrected chi connectivity index (χ1v) is 9.93. The Morgan fingerprint density at radius 1 is 1.28 bits per heavy atom. The van der Waals surface area contributed by atoms with Crippen LogP contribution in [0.1, 0.15) is 21.5 Å². The third kappa shape index (κ3) is 4.88. The van der Waals surface area contributed by atoms with Gasteiger partial charge in [-0.2, -0.15) is 0 Å². The van der Waals surface area contributed by atoms with Crippen LogP contribution in [-0.4, -0.2) is 33.7 Å². The minimum atomic E-state index is -0.996. The van der Waals surface area contributed by atoms with Crippen LogP contribution < -0.4 is 4.74 Å². The summed E-state index contributed by atoms with van der Waals surface area (Å²) in [5.74, 6) is 1.45. The molecule has 2 aromatic rings. The summed E-state index contributed by atoms with van der Waals surface area (Å²) in [4.78, 5) is 36.5. The molecule has 1 N–H and O–H groups in total. The number of carbonyl (C=O) groups is 3. The molecule has 0 bridgehead atoms. The minimum absolute atomic E-state index is 0.0540. The Morgan fingerprint density at radius 2 is 2.07 bits per heavy atom. The molecule has 2 aromatic carbocycles. The molecule has 3 rings (SSSR count). The highest BCUT2D eigenvalue weighted by Crippen LogP contribution is 2.33. The third-order valence-corrected chi connectivity index (χ3v) is 5.47. The van der Waals surface area contributed by atoms with E-state index in [1.54, 1.807) is 42.5 Å². The Labute approximate surface area is 179 Å². The van der Waals surface area contributed by atoms with Crippen molar-refractivity contribution in [2.24, 2.45) is 0 Å². The molecular weight excluding hydrogens is 458 g/mol. The van der Waals surface area contributed by atoms with E-state index >= 15 is 0 Å². The highest BCUT2D eigenvalue weighted by Gasteiger charge is 2.34. The summed E-state index contributed by atoms with van der Waals surface area (Å²) < 4.78 is 6.41. The number of hydrogen-bond donors (Lipinski definition) is 1. The number of benzene rings is 2. The maximum absolute atomic E-state index is 12.2. The lowest BCUT2D eigenvalue weighted by Gasteiger charge is -2.10. The molecule has 0 spiro atoms. The van der Waals surface area contributed by atoms with Crippen LogP contribution in [-0.2, 0) is 11.4 Å². The Kier molecular flexibility index (Phi) is 6.42. The van der Waals surface area contributed by atoms with Crippen LogP contribution in [0, 0.1) is 12.3 Å². The SMILES string of the molecule is C#CCN1C(=O)S/C(=C/c2ccc(OCc3cccc(C(=O)O)c3)c(Br)c2)C1=O. The van der Waals surface area contributed by atoms with Gasteiger partial charge in [-0.1, -0.05) is 24.1 Å². The Bertz CT molecular complexity index is 1070. The van der Waals surface area contributed by atoms with Crippen molar-refractivity contribution in [3.63, 3.8) is 0 Å². The summed E-state index contributed by atoms with van der Waals surface area (Å²) in [6.07, 6.45) is 6.80.